The highest BCUT2D eigenvalue weighted by Crippen LogP contribution is 2.32. The Hall–Kier alpha value is -1.60. The number of benzene rings is 1. The summed E-state index contributed by atoms with van der Waals surface area (Å²) in [4.78, 5) is 4.64. The number of allylic oxidation sites excluding steroid dienone is 2. The third kappa shape index (κ3) is 5.44. The van der Waals surface area contributed by atoms with Crippen molar-refractivity contribution < 1.29 is 0 Å². The van der Waals surface area contributed by atoms with Crippen LogP contribution >= 0.6 is 11.6 Å². The number of hydrogen-bond donors (Lipinski definition) is 0. The van der Waals surface area contributed by atoms with Crippen molar-refractivity contribution in [1.82, 2.24) is 4.98 Å². The first kappa shape index (κ1) is 18.2. The van der Waals surface area contributed by atoms with Crippen LogP contribution in [-0.2, 0) is 6.42 Å². The van der Waals surface area contributed by atoms with Crippen LogP contribution in [-0.4, -0.2) is 4.98 Å². The lowest BCUT2D eigenvalue weighted by Crippen LogP contribution is -2.13. The van der Waals surface area contributed by atoms with Gasteiger partial charge in [0, 0.05) is 16.8 Å². The first-order valence-corrected chi connectivity index (χ1v) is 10.00. The Kier molecular flexibility index (Phi) is 6.69. The van der Waals surface area contributed by atoms with Crippen molar-refractivity contribution in [3.05, 3.63) is 65.3 Å². The lowest BCUT2D eigenvalue weighted by molar-refractivity contribution is 0.296. The highest BCUT2D eigenvalue weighted by Gasteiger charge is 2.19. The Morgan fingerprint density at radius 3 is 2.44 bits per heavy atom. The van der Waals surface area contributed by atoms with E-state index in [-0.39, 0.29) is 0 Å². The Morgan fingerprint density at radius 2 is 1.80 bits per heavy atom. The summed E-state index contributed by atoms with van der Waals surface area (Å²) in [7, 11) is 0. The van der Waals surface area contributed by atoms with Crippen LogP contribution in [0, 0.1) is 11.8 Å². The summed E-state index contributed by atoms with van der Waals surface area (Å²) in [5.41, 5.74) is 3.49. The zero-order chi connectivity index (χ0) is 17.5. The Morgan fingerprint density at radius 1 is 1.04 bits per heavy atom. The minimum atomic E-state index is 0.764. The predicted octanol–water partition coefficient (Wildman–Crippen LogP) is 7.11. The van der Waals surface area contributed by atoms with Gasteiger partial charge in [0.2, 0.25) is 0 Å². The van der Waals surface area contributed by atoms with Gasteiger partial charge < -0.3 is 0 Å². The number of rotatable bonds is 6. The van der Waals surface area contributed by atoms with Crippen LogP contribution in [0.5, 0.6) is 0 Å². The highest BCUT2D eigenvalue weighted by atomic mass is 35.5. The first-order chi connectivity index (χ1) is 12.2. The molecule has 25 heavy (non-hydrogen) atoms. The second-order valence-electron chi connectivity index (χ2n) is 7.21. The SMILES string of the molecule is CCC=C[C@H]1CC[C@H](CCc2ccc(-c3ccc(Cl)cc3)nc2)CC1. The molecule has 1 fully saturated rings. The van der Waals surface area contributed by atoms with Crippen molar-refractivity contribution >= 4 is 11.6 Å². The Labute approximate surface area is 157 Å². The van der Waals surface area contributed by atoms with Crippen LogP contribution in [0.4, 0.5) is 0 Å². The van der Waals surface area contributed by atoms with Gasteiger partial charge in [-0.3, -0.25) is 4.98 Å². The van der Waals surface area contributed by atoms with E-state index in [1.54, 1.807) is 0 Å². The monoisotopic (exact) mass is 353 g/mol. The van der Waals surface area contributed by atoms with Gasteiger partial charge in [-0.1, -0.05) is 48.9 Å². The molecule has 0 spiro atoms. The topological polar surface area (TPSA) is 12.9 Å². The van der Waals surface area contributed by atoms with Gasteiger partial charge in [-0.2, -0.15) is 0 Å². The molecule has 1 aromatic heterocycles. The average Bonchev–Trinajstić information content (AvgIpc) is 2.67. The average molecular weight is 354 g/mol. The molecule has 0 radical (unpaired) electrons. The smallest absolute Gasteiger partial charge is 0.0702 e. The van der Waals surface area contributed by atoms with Gasteiger partial charge in [-0.15, -0.1) is 0 Å². The van der Waals surface area contributed by atoms with Crippen LogP contribution in [0.1, 0.15) is 51.0 Å². The second kappa shape index (κ2) is 9.20. The number of aromatic nitrogens is 1. The van der Waals surface area contributed by atoms with Crippen LogP contribution in [0.2, 0.25) is 5.02 Å². The standard InChI is InChI=1S/C23H28ClN/c1-2-3-4-18-5-7-19(8-6-18)9-10-20-11-16-23(25-17-20)21-12-14-22(24)15-13-21/h3-4,11-19H,2,5-10H2,1H3/t18-,19-. The molecule has 0 bridgehead atoms. The summed E-state index contributed by atoms with van der Waals surface area (Å²) < 4.78 is 0. The molecule has 2 heteroatoms. The molecule has 0 aliphatic heterocycles. The normalized spacial score (nSPS) is 20.9. The van der Waals surface area contributed by atoms with E-state index in [1.807, 2.05) is 30.5 Å². The molecule has 0 unspecified atom stereocenters. The van der Waals surface area contributed by atoms with Crippen LogP contribution in [0.3, 0.4) is 0 Å². The molecule has 1 saturated carbocycles. The van der Waals surface area contributed by atoms with Crippen molar-refractivity contribution in [1.29, 1.82) is 0 Å². The van der Waals surface area contributed by atoms with Gasteiger partial charge >= 0.3 is 0 Å². The molecule has 132 valence electrons. The lowest BCUT2D eigenvalue weighted by Gasteiger charge is -2.26. The van der Waals surface area contributed by atoms with E-state index in [0.29, 0.717) is 0 Å². The van der Waals surface area contributed by atoms with Crippen molar-refractivity contribution in [3.63, 3.8) is 0 Å². The van der Waals surface area contributed by atoms with E-state index in [1.165, 1.54) is 44.1 Å². The molecule has 1 heterocycles. The number of aryl methyl sites for hydroxylation is 1. The molecule has 2 aromatic rings. The minimum Gasteiger partial charge on any atom is -0.256 e. The zero-order valence-electron chi connectivity index (χ0n) is 15.1. The molecule has 1 aromatic carbocycles. The Bertz CT molecular complexity index is 664. The van der Waals surface area contributed by atoms with E-state index in [0.717, 1.165) is 34.5 Å². The van der Waals surface area contributed by atoms with Crippen molar-refractivity contribution in [2.45, 2.75) is 51.9 Å². The molecule has 3 rings (SSSR count). The van der Waals surface area contributed by atoms with Crippen molar-refractivity contribution in [3.8, 4) is 11.3 Å². The fourth-order valence-corrected chi connectivity index (χ4v) is 3.86. The molecule has 1 nitrogen and oxygen atoms in total. The summed E-state index contributed by atoms with van der Waals surface area (Å²) >= 11 is 5.95. The fourth-order valence-electron chi connectivity index (χ4n) is 3.73. The molecule has 0 N–H and O–H groups in total. The zero-order valence-corrected chi connectivity index (χ0v) is 15.9. The summed E-state index contributed by atoms with van der Waals surface area (Å²) in [6.07, 6.45) is 15.9. The van der Waals surface area contributed by atoms with Gasteiger partial charge in [0.25, 0.3) is 0 Å². The predicted molar refractivity (Wildman–Crippen MR) is 108 cm³/mol. The van der Waals surface area contributed by atoms with Crippen LogP contribution in [0.15, 0.2) is 54.7 Å². The van der Waals surface area contributed by atoms with Crippen molar-refractivity contribution in [2.75, 3.05) is 0 Å². The molecule has 0 amide bonds. The molecule has 0 atom stereocenters. The Balaban J connectivity index is 1.48. The van der Waals surface area contributed by atoms with E-state index < -0.39 is 0 Å². The maximum absolute atomic E-state index is 5.95. The summed E-state index contributed by atoms with van der Waals surface area (Å²) in [5.74, 6) is 1.72. The van der Waals surface area contributed by atoms with Gasteiger partial charge in [0.05, 0.1) is 5.69 Å². The van der Waals surface area contributed by atoms with Crippen LogP contribution < -0.4 is 0 Å². The molecular formula is C23H28ClN. The quantitative estimate of drug-likeness (QED) is 0.504. The molecule has 1 aliphatic carbocycles. The molecular weight excluding hydrogens is 326 g/mol. The number of nitrogens with zero attached hydrogens (tertiary/aromatic N) is 1. The number of pyridine rings is 1. The van der Waals surface area contributed by atoms with Crippen molar-refractivity contribution in [2.24, 2.45) is 11.8 Å². The summed E-state index contributed by atoms with van der Waals surface area (Å²) in [6.45, 7) is 2.22. The fraction of sp³-hybridized carbons (Fsp3) is 0.435. The maximum Gasteiger partial charge on any atom is 0.0702 e. The van der Waals surface area contributed by atoms with Gasteiger partial charge in [0.1, 0.15) is 0 Å². The van der Waals surface area contributed by atoms with Gasteiger partial charge in [-0.25, -0.2) is 0 Å². The molecule has 1 aliphatic rings. The van der Waals surface area contributed by atoms with E-state index >= 15 is 0 Å². The number of halogens is 1. The maximum atomic E-state index is 5.95. The highest BCUT2D eigenvalue weighted by molar-refractivity contribution is 6.30. The lowest BCUT2D eigenvalue weighted by atomic mass is 9.79. The van der Waals surface area contributed by atoms with E-state index in [9.17, 15) is 0 Å². The summed E-state index contributed by atoms with van der Waals surface area (Å²) in [5, 5.41) is 0.764. The second-order valence-corrected chi connectivity index (χ2v) is 7.65. The van der Waals surface area contributed by atoms with E-state index in [4.69, 9.17) is 11.6 Å². The van der Waals surface area contributed by atoms with Gasteiger partial charge in [-0.05, 0) is 80.5 Å². The number of hydrogen-bond acceptors (Lipinski definition) is 1. The summed E-state index contributed by atoms with van der Waals surface area (Å²) in [6, 6.07) is 12.2. The van der Waals surface area contributed by atoms with E-state index in [2.05, 4.69) is 36.2 Å². The third-order valence-electron chi connectivity index (χ3n) is 5.34. The van der Waals surface area contributed by atoms with Gasteiger partial charge in [0.15, 0.2) is 0 Å². The molecule has 0 saturated heterocycles. The third-order valence-corrected chi connectivity index (χ3v) is 5.59. The first-order valence-electron chi connectivity index (χ1n) is 9.62. The minimum absolute atomic E-state index is 0.764. The van der Waals surface area contributed by atoms with Crippen LogP contribution in [0.25, 0.3) is 11.3 Å². The largest absolute Gasteiger partial charge is 0.256 e.